The summed E-state index contributed by atoms with van der Waals surface area (Å²) in [6.07, 6.45) is 6.66. The number of ether oxygens (including phenoxy) is 1. The van der Waals surface area contributed by atoms with E-state index in [0.29, 0.717) is 0 Å². The van der Waals surface area contributed by atoms with Crippen molar-refractivity contribution >= 4 is 6.09 Å². The van der Waals surface area contributed by atoms with Gasteiger partial charge in [0.1, 0.15) is 0 Å². The Labute approximate surface area is 73.5 Å². The van der Waals surface area contributed by atoms with Crippen LogP contribution in [0.2, 0.25) is 0 Å². The zero-order valence-electron chi connectivity index (χ0n) is 7.58. The number of amides is 1. The molecule has 0 spiro atoms. The van der Waals surface area contributed by atoms with Crippen LogP contribution in [0.1, 0.15) is 38.5 Å². The molecule has 12 heavy (non-hydrogen) atoms. The molecule has 1 radical (unpaired) electrons. The number of carbonyl (C=O) groups is 1. The van der Waals surface area contributed by atoms with E-state index < -0.39 is 6.09 Å². The maximum Gasteiger partial charge on any atom is 0.428 e. The van der Waals surface area contributed by atoms with Crippen LogP contribution >= 0.6 is 0 Å². The van der Waals surface area contributed by atoms with Crippen LogP contribution in [-0.4, -0.2) is 19.2 Å². The van der Waals surface area contributed by atoms with Crippen molar-refractivity contribution in [3.8, 4) is 0 Å². The third-order valence-electron chi connectivity index (χ3n) is 2.29. The van der Waals surface area contributed by atoms with E-state index in [1.54, 1.807) is 0 Å². The molecule has 0 N–H and O–H groups in total. The second-order valence-electron chi connectivity index (χ2n) is 3.24. The van der Waals surface area contributed by atoms with E-state index >= 15 is 0 Å². The van der Waals surface area contributed by atoms with E-state index in [-0.39, 0.29) is 6.04 Å². The molecule has 1 aliphatic rings. The van der Waals surface area contributed by atoms with Crippen molar-refractivity contribution in [3.63, 3.8) is 0 Å². The van der Waals surface area contributed by atoms with E-state index in [9.17, 15) is 4.79 Å². The first-order valence-electron chi connectivity index (χ1n) is 4.61. The molecule has 0 saturated heterocycles. The van der Waals surface area contributed by atoms with Gasteiger partial charge in [0.15, 0.2) is 0 Å². The van der Waals surface area contributed by atoms with Crippen LogP contribution in [0.4, 0.5) is 4.79 Å². The number of carbonyl (C=O) groups excluding carboxylic acids is 1. The Morgan fingerprint density at radius 2 is 1.83 bits per heavy atom. The Bertz CT molecular complexity index is 139. The van der Waals surface area contributed by atoms with Gasteiger partial charge in [-0.25, -0.2) is 10.1 Å². The first-order valence-corrected chi connectivity index (χ1v) is 4.61. The molecule has 69 valence electrons. The highest BCUT2D eigenvalue weighted by atomic mass is 16.5. The summed E-state index contributed by atoms with van der Waals surface area (Å²) < 4.78 is 4.49. The van der Waals surface area contributed by atoms with Crippen molar-refractivity contribution in [3.05, 3.63) is 0 Å². The van der Waals surface area contributed by atoms with Crippen molar-refractivity contribution in [2.24, 2.45) is 0 Å². The van der Waals surface area contributed by atoms with Gasteiger partial charge in [0, 0.05) is 0 Å². The lowest BCUT2D eigenvalue weighted by Gasteiger charge is -2.11. The van der Waals surface area contributed by atoms with Crippen molar-refractivity contribution in [2.75, 3.05) is 7.11 Å². The van der Waals surface area contributed by atoms with Crippen LogP contribution in [0.3, 0.4) is 0 Å². The third kappa shape index (κ3) is 3.11. The molecule has 0 bridgehead atoms. The molecule has 0 heterocycles. The van der Waals surface area contributed by atoms with E-state index in [4.69, 9.17) is 0 Å². The average Bonchev–Trinajstić information content (AvgIpc) is 2.33. The predicted octanol–water partition coefficient (Wildman–Crippen LogP) is 2.08. The van der Waals surface area contributed by atoms with Gasteiger partial charge in [-0.15, -0.1) is 0 Å². The molecule has 1 fully saturated rings. The van der Waals surface area contributed by atoms with Gasteiger partial charge in [-0.05, 0) is 12.8 Å². The topological polar surface area (TPSA) is 40.4 Å². The van der Waals surface area contributed by atoms with Crippen LogP contribution < -0.4 is 5.32 Å². The fourth-order valence-electron chi connectivity index (χ4n) is 1.59. The highest BCUT2D eigenvalue weighted by molar-refractivity contribution is 5.66. The number of hydrogen-bond acceptors (Lipinski definition) is 2. The van der Waals surface area contributed by atoms with Gasteiger partial charge in [-0.1, -0.05) is 25.7 Å². The fraction of sp³-hybridized carbons (Fsp3) is 0.889. The minimum Gasteiger partial charge on any atom is -0.452 e. The highest BCUT2D eigenvalue weighted by Crippen LogP contribution is 2.17. The Morgan fingerprint density at radius 3 is 2.33 bits per heavy atom. The number of methoxy groups -OCH3 is 1. The molecule has 3 heteroatoms. The normalized spacial score (nSPS) is 19.8. The zero-order chi connectivity index (χ0) is 8.81. The van der Waals surface area contributed by atoms with Crippen molar-refractivity contribution in [2.45, 2.75) is 44.6 Å². The molecule has 0 aromatic carbocycles. The Hall–Kier alpha value is -0.730. The first-order chi connectivity index (χ1) is 5.83. The summed E-state index contributed by atoms with van der Waals surface area (Å²) in [5.74, 6) is 0. The van der Waals surface area contributed by atoms with Crippen LogP contribution in [0.5, 0.6) is 0 Å². The maximum atomic E-state index is 10.8. The second kappa shape index (κ2) is 5.01. The van der Waals surface area contributed by atoms with Crippen LogP contribution in [0, 0.1) is 0 Å². The lowest BCUT2D eigenvalue weighted by Crippen LogP contribution is -2.27. The summed E-state index contributed by atoms with van der Waals surface area (Å²) in [6, 6.07) is 0.222. The van der Waals surface area contributed by atoms with E-state index in [1.165, 1.54) is 32.8 Å². The average molecular weight is 170 g/mol. The van der Waals surface area contributed by atoms with E-state index in [1.807, 2.05) is 0 Å². The first kappa shape index (κ1) is 9.36. The third-order valence-corrected chi connectivity index (χ3v) is 2.29. The largest absolute Gasteiger partial charge is 0.452 e. The second-order valence-corrected chi connectivity index (χ2v) is 3.24. The molecule has 0 aliphatic heterocycles. The summed E-state index contributed by atoms with van der Waals surface area (Å²) in [6.45, 7) is 0. The van der Waals surface area contributed by atoms with Crippen molar-refractivity contribution < 1.29 is 9.53 Å². The van der Waals surface area contributed by atoms with Crippen LogP contribution in [0.25, 0.3) is 0 Å². The van der Waals surface area contributed by atoms with Gasteiger partial charge in [0.2, 0.25) is 0 Å². The molecule has 1 amide bonds. The lowest BCUT2D eigenvalue weighted by molar-refractivity contribution is 0.164. The fourth-order valence-corrected chi connectivity index (χ4v) is 1.59. The maximum absolute atomic E-state index is 10.8. The number of rotatable bonds is 1. The SMILES string of the molecule is COC(=O)[N]C1CCCCCC1. The summed E-state index contributed by atoms with van der Waals surface area (Å²) >= 11 is 0. The van der Waals surface area contributed by atoms with Gasteiger partial charge in [0.25, 0.3) is 0 Å². The highest BCUT2D eigenvalue weighted by Gasteiger charge is 2.16. The molecule has 0 unspecified atom stereocenters. The van der Waals surface area contributed by atoms with Crippen molar-refractivity contribution in [1.29, 1.82) is 0 Å². The number of hydrogen-bond donors (Lipinski definition) is 0. The Balaban J connectivity index is 2.24. The lowest BCUT2D eigenvalue weighted by atomic mass is 10.1. The summed E-state index contributed by atoms with van der Waals surface area (Å²) in [4.78, 5) is 10.8. The number of nitrogens with zero attached hydrogens (tertiary/aromatic N) is 1. The smallest absolute Gasteiger partial charge is 0.428 e. The molecule has 1 aliphatic carbocycles. The standard InChI is InChI=1S/C9H16NO2/c1-12-9(11)10-8-6-4-2-3-5-7-8/h8H,2-7H2,1H3. The molecule has 1 saturated carbocycles. The summed E-state index contributed by atoms with van der Waals surface area (Å²) in [7, 11) is 1.38. The summed E-state index contributed by atoms with van der Waals surface area (Å²) in [5, 5.41) is 3.95. The predicted molar refractivity (Wildman–Crippen MR) is 46.0 cm³/mol. The Morgan fingerprint density at radius 1 is 1.25 bits per heavy atom. The molecule has 0 atom stereocenters. The van der Waals surface area contributed by atoms with Crippen LogP contribution in [0.15, 0.2) is 0 Å². The van der Waals surface area contributed by atoms with E-state index in [0.717, 1.165) is 12.8 Å². The van der Waals surface area contributed by atoms with Gasteiger partial charge >= 0.3 is 6.09 Å². The summed E-state index contributed by atoms with van der Waals surface area (Å²) in [5.41, 5.74) is 0. The van der Waals surface area contributed by atoms with Gasteiger partial charge in [-0.3, -0.25) is 0 Å². The Kier molecular flexibility index (Phi) is 3.91. The van der Waals surface area contributed by atoms with Gasteiger partial charge < -0.3 is 4.74 Å². The quantitative estimate of drug-likeness (QED) is 0.565. The van der Waals surface area contributed by atoms with Gasteiger partial charge in [0.05, 0.1) is 13.2 Å². The molecule has 3 nitrogen and oxygen atoms in total. The molecule has 0 aromatic rings. The molecular weight excluding hydrogens is 154 g/mol. The monoisotopic (exact) mass is 170 g/mol. The van der Waals surface area contributed by atoms with Gasteiger partial charge in [-0.2, -0.15) is 0 Å². The van der Waals surface area contributed by atoms with E-state index in [2.05, 4.69) is 10.1 Å². The van der Waals surface area contributed by atoms with Crippen molar-refractivity contribution in [1.82, 2.24) is 5.32 Å². The molecular formula is C9H16NO2. The molecule has 0 aromatic heterocycles. The minimum atomic E-state index is -0.415. The zero-order valence-corrected chi connectivity index (χ0v) is 7.58. The minimum absolute atomic E-state index is 0.222. The van der Waals surface area contributed by atoms with Crippen LogP contribution in [-0.2, 0) is 4.74 Å². The molecule has 1 rings (SSSR count).